The molecule has 0 saturated heterocycles. The molecular weight excluding hydrogens is 745 g/mol. The van der Waals surface area contributed by atoms with Crippen LogP contribution in [0.4, 0.5) is 17.1 Å². The zero-order valence-corrected chi connectivity index (χ0v) is 32.5. The highest BCUT2D eigenvalue weighted by molar-refractivity contribution is 8.00. The third-order valence-corrected chi connectivity index (χ3v) is 14.2. The molecule has 8 aromatic carbocycles. The largest absolute Gasteiger partial charge is 0.416 e. The first-order chi connectivity index (χ1) is 29.0. The Morgan fingerprint density at radius 2 is 1.05 bits per heavy atom. The highest BCUT2D eigenvalue weighted by Gasteiger charge is 2.53. The summed E-state index contributed by atoms with van der Waals surface area (Å²) in [6.45, 7) is 0. The number of anilines is 3. The maximum absolute atomic E-state index is 15.6. The molecule has 4 heterocycles. The SMILES string of the molecule is C=S1(=O)c2ccccc2C2(c3ccccc3N(c3ccccc3)c3ccccc32)c2c1ccc1c3ccccc3n(-c3ccc(-c4nnc(-c5ccccc5)o4)cc3)c21. The summed E-state index contributed by atoms with van der Waals surface area (Å²) in [4.78, 5) is 3.86. The molecule has 0 amide bonds. The Morgan fingerprint density at radius 3 is 1.75 bits per heavy atom. The van der Waals surface area contributed by atoms with Crippen LogP contribution in [0.3, 0.4) is 0 Å². The average molecular weight is 779 g/mol. The number of aromatic nitrogens is 3. The first kappa shape index (κ1) is 33.6. The maximum atomic E-state index is 15.6. The van der Waals surface area contributed by atoms with Gasteiger partial charge in [0.1, 0.15) is 0 Å². The lowest BCUT2D eigenvalue weighted by Crippen LogP contribution is -2.42. The molecule has 6 nitrogen and oxygen atoms in total. The molecule has 1 unspecified atom stereocenters. The molecular formula is C52H34N4O2S. The van der Waals surface area contributed by atoms with Gasteiger partial charge in [-0.25, -0.2) is 0 Å². The van der Waals surface area contributed by atoms with E-state index in [-0.39, 0.29) is 0 Å². The number of nitrogens with zero attached hydrogens (tertiary/aromatic N) is 4. The number of rotatable bonds is 4. The minimum absolute atomic E-state index is 0.445. The molecule has 0 saturated carbocycles. The van der Waals surface area contributed by atoms with Crippen molar-refractivity contribution >= 4 is 54.3 Å². The van der Waals surface area contributed by atoms with Gasteiger partial charge in [-0.3, -0.25) is 4.21 Å². The molecule has 1 atom stereocenters. The van der Waals surface area contributed by atoms with Crippen LogP contribution in [0, 0.1) is 0 Å². The third kappa shape index (κ3) is 4.62. The second kappa shape index (κ2) is 12.5. The second-order valence-electron chi connectivity index (χ2n) is 15.1. The number of hydrogen-bond donors (Lipinski definition) is 0. The van der Waals surface area contributed by atoms with Crippen LogP contribution >= 0.6 is 0 Å². The second-order valence-corrected chi connectivity index (χ2v) is 17.4. The Hall–Kier alpha value is -7.48. The fourth-order valence-corrected chi connectivity index (χ4v) is 11.7. The van der Waals surface area contributed by atoms with Crippen LogP contribution in [0.1, 0.15) is 22.3 Å². The van der Waals surface area contributed by atoms with Crippen molar-refractivity contribution in [2.75, 3.05) is 4.90 Å². The minimum Gasteiger partial charge on any atom is -0.416 e. The van der Waals surface area contributed by atoms with Gasteiger partial charge in [0.2, 0.25) is 11.8 Å². The lowest BCUT2D eigenvalue weighted by Gasteiger charge is -2.49. The van der Waals surface area contributed by atoms with Crippen LogP contribution in [-0.4, -0.2) is 24.8 Å². The van der Waals surface area contributed by atoms with E-state index in [1.165, 1.54) is 0 Å². The van der Waals surface area contributed by atoms with Gasteiger partial charge in [0.25, 0.3) is 0 Å². The van der Waals surface area contributed by atoms with E-state index in [0.717, 1.165) is 87.7 Å². The normalized spacial score (nSPS) is 16.1. The molecule has 12 rings (SSSR count). The summed E-state index contributed by atoms with van der Waals surface area (Å²) < 4.78 is 24.2. The standard InChI is InChI=1S/C52H34N4O2S/c1-59(57)46-27-15-11-23-42(46)52(40-21-9-13-25-44(40)55(36-18-6-3-7-19-36)45-26-14-10-22-41(45)52)48-47(59)33-32-39-38-20-8-12-24-43(38)56(49(39)48)37-30-28-35(29-31-37)51-54-53-50(58-51)34-16-4-2-5-17-34/h2-33H,1H2. The number of para-hydroxylation sites is 4. The topological polar surface area (TPSA) is 64.2 Å². The summed E-state index contributed by atoms with van der Waals surface area (Å²) in [7, 11) is -2.99. The lowest BCUT2D eigenvalue weighted by molar-refractivity contribution is 0.584. The Kier molecular flexibility index (Phi) is 7.13. The van der Waals surface area contributed by atoms with Gasteiger partial charge in [-0.15, -0.1) is 10.2 Å². The summed E-state index contributed by atoms with van der Waals surface area (Å²) >= 11 is 0. The third-order valence-electron chi connectivity index (χ3n) is 12.1. The van der Waals surface area contributed by atoms with Crippen LogP contribution in [0.15, 0.2) is 208 Å². The van der Waals surface area contributed by atoms with E-state index in [4.69, 9.17) is 4.42 Å². The van der Waals surface area contributed by atoms with Crippen LogP contribution in [0.2, 0.25) is 0 Å². The molecule has 2 aromatic heterocycles. The van der Waals surface area contributed by atoms with Crippen molar-refractivity contribution in [3.8, 4) is 28.6 Å². The van der Waals surface area contributed by atoms with Crippen molar-refractivity contribution in [1.82, 2.24) is 14.8 Å². The summed E-state index contributed by atoms with van der Waals surface area (Å²) in [5.41, 5.74) is 11.1. The van der Waals surface area contributed by atoms with Gasteiger partial charge in [0.15, 0.2) is 0 Å². The molecule has 0 aliphatic carbocycles. The molecule has 2 aliphatic rings. The van der Waals surface area contributed by atoms with Crippen molar-refractivity contribution in [1.29, 1.82) is 0 Å². The fraction of sp³-hybridized carbons (Fsp3) is 0.0192. The zero-order chi connectivity index (χ0) is 39.3. The molecule has 10 aromatic rings. The van der Waals surface area contributed by atoms with E-state index in [2.05, 4.69) is 165 Å². The number of hydrogen-bond acceptors (Lipinski definition) is 5. The van der Waals surface area contributed by atoms with Crippen molar-refractivity contribution < 1.29 is 8.63 Å². The number of benzene rings is 8. The zero-order valence-electron chi connectivity index (χ0n) is 31.7. The van der Waals surface area contributed by atoms with Gasteiger partial charge < -0.3 is 13.9 Å². The summed E-state index contributed by atoms with van der Waals surface area (Å²) in [6.07, 6.45) is 0. The molecule has 1 spiro atoms. The molecule has 0 bridgehead atoms. The molecule has 7 heteroatoms. The van der Waals surface area contributed by atoms with Gasteiger partial charge in [-0.2, -0.15) is 0 Å². The van der Waals surface area contributed by atoms with Gasteiger partial charge in [0, 0.05) is 58.2 Å². The molecule has 0 N–H and O–H groups in total. The lowest BCUT2D eigenvalue weighted by atomic mass is 9.61. The van der Waals surface area contributed by atoms with Gasteiger partial charge in [-0.1, -0.05) is 115 Å². The predicted octanol–water partition coefficient (Wildman–Crippen LogP) is 12.1. The maximum Gasteiger partial charge on any atom is 0.248 e. The first-order valence-electron chi connectivity index (χ1n) is 19.6. The highest BCUT2D eigenvalue weighted by atomic mass is 32.2. The fourth-order valence-electron chi connectivity index (χ4n) is 9.71. The summed E-state index contributed by atoms with van der Waals surface area (Å²) in [5.74, 6) is 5.50. The van der Waals surface area contributed by atoms with Crippen LogP contribution in [-0.2, 0) is 14.9 Å². The van der Waals surface area contributed by atoms with Gasteiger partial charge >= 0.3 is 0 Å². The van der Waals surface area contributed by atoms with E-state index in [1.54, 1.807) is 0 Å². The minimum atomic E-state index is -2.99. The average Bonchev–Trinajstić information content (AvgIpc) is 3.93. The summed E-state index contributed by atoms with van der Waals surface area (Å²) in [5, 5.41) is 10.9. The van der Waals surface area contributed by atoms with E-state index in [0.29, 0.717) is 11.8 Å². The predicted molar refractivity (Wildman–Crippen MR) is 238 cm³/mol. The van der Waals surface area contributed by atoms with Crippen LogP contribution in [0.5, 0.6) is 0 Å². The smallest absolute Gasteiger partial charge is 0.248 e. The molecule has 0 fully saturated rings. The van der Waals surface area contributed by atoms with Crippen molar-refractivity contribution in [3.05, 3.63) is 216 Å². The van der Waals surface area contributed by atoms with Crippen molar-refractivity contribution in [2.45, 2.75) is 15.2 Å². The van der Waals surface area contributed by atoms with Crippen molar-refractivity contribution in [3.63, 3.8) is 0 Å². The Morgan fingerprint density at radius 1 is 0.492 bits per heavy atom. The Labute approximate surface area is 341 Å². The molecule has 59 heavy (non-hydrogen) atoms. The molecule has 280 valence electrons. The number of fused-ring (bicyclic) bond motifs is 12. The summed E-state index contributed by atoms with van der Waals surface area (Å²) in [6, 6.07) is 67.1. The monoisotopic (exact) mass is 778 g/mol. The molecule has 0 radical (unpaired) electrons. The molecule has 2 aliphatic heterocycles. The van der Waals surface area contributed by atoms with E-state index < -0.39 is 14.9 Å². The van der Waals surface area contributed by atoms with Crippen LogP contribution in [0.25, 0.3) is 50.4 Å². The van der Waals surface area contributed by atoms with E-state index >= 15 is 4.21 Å². The van der Waals surface area contributed by atoms with Crippen molar-refractivity contribution in [2.24, 2.45) is 0 Å². The first-order valence-corrected chi connectivity index (χ1v) is 21.4. The van der Waals surface area contributed by atoms with E-state index in [9.17, 15) is 0 Å². The van der Waals surface area contributed by atoms with Gasteiger partial charge in [0.05, 0.1) is 27.8 Å². The van der Waals surface area contributed by atoms with Crippen LogP contribution < -0.4 is 4.90 Å². The van der Waals surface area contributed by atoms with E-state index in [1.807, 2.05) is 54.6 Å². The quantitative estimate of drug-likeness (QED) is 0.167. The Balaban J connectivity index is 1.19. The Bertz CT molecular complexity index is 3360. The highest BCUT2D eigenvalue weighted by Crippen LogP contribution is 2.63. The van der Waals surface area contributed by atoms with Gasteiger partial charge in [-0.05, 0) is 101 Å².